The molecule has 0 saturated heterocycles. The molecule has 0 aromatic heterocycles. The summed E-state index contributed by atoms with van der Waals surface area (Å²) in [6, 6.07) is 3.20. The summed E-state index contributed by atoms with van der Waals surface area (Å²) >= 11 is 0. The fraction of sp³-hybridized carbons (Fsp3) is 0.417. The summed E-state index contributed by atoms with van der Waals surface area (Å²) < 4.78 is 15.8. The molecule has 1 aromatic carbocycles. The minimum absolute atomic E-state index is 0.0301. The number of ether oxygens (including phenoxy) is 1. The van der Waals surface area contributed by atoms with E-state index < -0.39 is 13.9 Å². The lowest BCUT2D eigenvalue weighted by Gasteiger charge is -2.13. The Morgan fingerprint density at radius 2 is 2.05 bits per heavy atom. The molecule has 3 N–H and O–H groups in total. The second-order valence-corrected chi connectivity index (χ2v) is 6.03. The molecule has 1 rings (SSSR count). The highest BCUT2D eigenvalue weighted by Gasteiger charge is 2.14. The molecular weight excluding hydrogens is 269 g/mol. The van der Waals surface area contributed by atoms with Gasteiger partial charge >= 0.3 is 7.60 Å². The number of phenols is 1. The minimum atomic E-state index is -4.18. The zero-order chi connectivity index (χ0) is 14.6. The minimum Gasteiger partial charge on any atom is -0.507 e. The first kappa shape index (κ1) is 15.7. The summed E-state index contributed by atoms with van der Waals surface area (Å²) in [4.78, 5) is 21.2. The quantitative estimate of drug-likeness (QED) is 0.568. The highest BCUT2D eigenvalue weighted by atomic mass is 31.2. The van der Waals surface area contributed by atoms with E-state index in [4.69, 9.17) is 14.5 Å². The third-order valence-corrected chi connectivity index (χ3v) is 3.04. The molecule has 0 amide bonds. The second kappa shape index (κ2) is 6.19. The van der Waals surface area contributed by atoms with Crippen molar-refractivity contribution >= 4 is 13.8 Å². The molecule has 0 fully saturated rings. The van der Waals surface area contributed by atoms with Gasteiger partial charge in [0, 0.05) is 17.8 Å². The van der Waals surface area contributed by atoms with Crippen LogP contribution in [0.1, 0.15) is 30.9 Å². The van der Waals surface area contributed by atoms with Gasteiger partial charge in [-0.2, -0.15) is 0 Å². The number of aliphatic imine (C=N–C) groups is 1. The van der Waals surface area contributed by atoms with Crippen LogP contribution in [0.25, 0.3) is 0 Å². The van der Waals surface area contributed by atoms with Crippen molar-refractivity contribution in [2.24, 2.45) is 4.99 Å². The van der Waals surface area contributed by atoms with Crippen LogP contribution in [0.5, 0.6) is 11.5 Å². The van der Waals surface area contributed by atoms with E-state index in [1.165, 1.54) is 19.4 Å². The van der Waals surface area contributed by atoms with E-state index in [-0.39, 0.29) is 11.7 Å². The molecule has 0 unspecified atom stereocenters. The number of aromatic hydroxyl groups is 1. The monoisotopic (exact) mass is 287 g/mol. The first-order valence-corrected chi connectivity index (χ1v) is 7.49. The van der Waals surface area contributed by atoms with E-state index in [9.17, 15) is 9.67 Å². The number of hydrogen-bond donors (Lipinski definition) is 3. The lowest BCUT2D eigenvalue weighted by atomic mass is 9.96. The average Bonchev–Trinajstić information content (AvgIpc) is 2.28. The molecule has 0 saturated carbocycles. The average molecular weight is 287 g/mol. The van der Waals surface area contributed by atoms with Gasteiger partial charge in [0.1, 0.15) is 17.8 Å². The van der Waals surface area contributed by atoms with Gasteiger partial charge in [0.15, 0.2) is 0 Å². The fourth-order valence-corrected chi connectivity index (χ4v) is 1.90. The lowest BCUT2D eigenvalue weighted by molar-refractivity contribution is 0.374. The van der Waals surface area contributed by atoms with Crippen molar-refractivity contribution in [2.75, 3.05) is 13.4 Å². The van der Waals surface area contributed by atoms with Crippen molar-refractivity contribution < 1.29 is 24.2 Å². The summed E-state index contributed by atoms with van der Waals surface area (Å²) in [5.41, 5.74) is 1.25. The summed E-state index contributed by atoms with van der Waals surface area (Å²) in [7, 11) is -2.68. The van der Waals surface area contributed by atoms with Gasteiger partial charge in [-0.25, -0.2) is 0 Å². The molecule has 0 aliphatic rings. The van der Waals surface area contributed by atoms with Gasteiger partial charge in [-0.3, -0.25) is 9.56 Å². The van der Waals surface area contributed by atoms with Crippen LogP contribution in [-0.2, 0) is 4.57 Å². The standard InChI is InChI=1S/C12H18NO5P/c1-8(2)10-4-9(18-3)5-12(14)11(10)6-13-7-19(15,16)17/h4-6,8,14H,7H2,1-3H3,(H2,15,16,17)/b13-6+. The van der Waals surface area contributed by atoms with Crippen molar-refractivity contribution in [3.8, 4) is 11.5 Å². The topological polar surface area (TPSA) is 99.4 Å². The molecule has 0 spiro atoms. The first-order chi connectivity index (χ1) is 8.74. The maximum Gasteiger partial charge on any atom is 0.346 e. The maximum atomic E-state index is 10.7. The molecule has 7 heteroatoms. The van der Waals surface area contributed by atoms with Crippen LogP contribution in [0, 0.1) is 0 Å². The molecule has 0 bridgehead atoms. The third-order valence-electron chi connectivity index (χ3n) is 2.51. The van der Waals surface area contributed by atoms with Crippen LogP contribution in [-0.4, -0.2) is 34.5 Å². The predicted molar refractivity (Wildman–Crippen MR) is 73.3 cm³/mol. The van der Waals surface area contributed by atoms with Crippen LogP contribution >= 0.6 is 7.60 Å². The zero-order valence-electron chi connectivity index (χ0n) is 11.1. The number of methoxy groups -OCH3 is 1. The molecule has 1 aromatic rings. The van der Waals surface area contributed by atoms with Crippen molar-refractivity contribution in [3.05, 3.63) is 23.3 Å². The van der Waals surface area contributed by atoms with E-state index in [1.54, 1.807) is 6.07 Å². The highest BCUT2D eigenvalue weighted by Crippen LogP contribution is 2.35. The van der Waals surface area contributed by atoms with Gasteiger partial charge in [-0.15, -0.1) is 0 Å². The van der Waals surface area contributed by atoms with Crippen LogP contribution in [0.3, 0.4) is 0 Å². The van der Waals surface area contributed by atoms with E-state index in [1.807, 2.05) is 13.8 Å². The van der Waals surface area contributed by atoms with Crippen molar-refractivity contribution in [1.82, 2.24) is 0 Å². The number of rotatable bonds is 5. The van der Waals surface area contributed by atoms with Gasteiger partial charge in [-0.1, -0.05) is 13.8 Å². The Kier molecular flexibility index (Phi) is 5.11. The SMILES string of the molecule is COc1cc(O)c(/C=N/CP(=O)(O)O)c(C(C)C)c1. The van der Waals surface area contributed by atoms with Crippen LogP contribution in [0.15, 0.2) is 17.1 Å². The second-order valence-electron chi connectivity index (χ2n) is 4.42. The van der Waals surface area contributed by atoms with Gasteiger partial charge in [0.05, 0.1) is 7.11 Å². The van der Waals surface area contributed by atoms with E-state index in [0.717, 1.165) is 5.56 Å². The fourth-order valence-electron chi connectivity index (χ4n) is 1.61. The van der Waals surface area contributed by atoms with Gasteiger partial charge in [0.25, 0.3) is 0 Å². The number of nitrogens with zero attached hydrogens (tertiary/aromatic N) is 1. The molecular formula is C12H18NO5P. The van der Waals surface area contributed by atoms with E-state index >= 15 is 0 Å². The van der Waals surface area contributed by atoms with Crippen LogP contribution in [0.2, 0.25) is 0 Å². The molecule has 0 radical (unpaired) electrons. The molecule has 106 valence electrons. The van der Waals surface area contributed by atoms with Crippen LogP contribution < -0.4 is 4.74 Å². The third kappa shape index (κ3) is 4.67. The molecule has 0 aliphatic heterocycles. The maximum absolute atomic E-state index is 10.7. The Bertz CT molecular complexity index is 521. The molecule has 19 heavy (non-hydrogen) atoms. The Labute approximate surface area is 111 Å². The molecule has 0 heterocycles. The summed E-state index contributed by atoms with van der Waals surface area (Å²) in [6.07, 6.45) is 0.680. The summed E-state index contributed by atoms with van der Waals surface area (Å²) in [5.74, 6) is 0.600. The van der Waals surface area contributed by atoms with Gasteiger partial charge in [0.2, 0.25) is 0 Å². The Morgan fingerprint density at radius 1 is 1.42 bits per heavy atom. The summed E-state index contributed by atoms with van der Waals surface area (Å²) in [5, 5.41) is 9.92. The molecule has 0 aliphatic carbocycles. The van der Waals surface area contributed by atoms with Crippen molar-refractivity contribution in [1.29, 1.82) is 0 Å². The number of hydrogen-bond acceptors (Lipinski definition) is 4. The van der Waals surface area contributed by atoms with Crippen molar-refractivity contribution in [3.63, 3.8) is 0 Å². The largest absolute Gasteiger partial charge is 0.507 e. The number of phenolic OH excluding ortho intramolecular Hbond substituents is 1. The molecule has 6 nitrogen and oxygen atoms in total. The molecule has 0 atom stereocenters. The normalized spacial score (nSPS) is 12.3. The lowest BCUT2D eigenvalue weighted by Crippen LogP contribution is -1.98. The van der Waals surface area contributed by atoms with E-state index in [2.05, 4.69) is 4.99 Å². The Balaban J connectivity index is 3.15. The Hall–Kier alpha value is -1.36. The Morgan fingerprint density at radius 3 is 2.53 bits per heavy atom. The highest BCUT2D eigenvalue weighted by molar-refractivity contribution is 7.51. The number of benzene rings is 1. The van der Waals surface area contributed by atoms with Gasteiger partial charge < -0.3 is 19.6 Å². The first-order valence-electron chi connectivity index (χ1n) is 5.70. The predicted octanol–water partition coefficient (Wildman–Crippen LogP) is 2.08. The smallest absolute Gasteiger partial charge is 0.346 e. The van der Waals surface area contributed by atoms with E-state index in [0.29, 0.717) is 11.3 Å². The van der Waals surface area contributed by atoms with Crippen molar-refractivity contribution in [2.45, 2.75) is 19.8 Å². The summed E-state index contributed by atoms with van der Waals surface area (Å²) in [6.45, 7) is 3.88. The van der Waals surface area contributed by atoms with Gasteiger partial charge in [-0.05, 0) is 17.5 Å². The zero-order valence-corrected chi connectivity index (χ0v) is 12.0. The van der Waals surface area contributed by atoms with Crippen LogP contribution in [0.4, 0.5) is 0 Å².